The quantitative estimate of drug-likeness (QED) is 0.832. The second-order valence-corrected chi connectivity index (χ2v) is 5.39. The molecule has 1 aromatic carbocycles. The highest BCUT2D eigenvalue weighted by Gasteiger charge is 2.43. The van der Waals surface area contributed by atoms with Gasteiger partial charge in [0.2, 0.25) is 5.91 Å². The molecule has 0 bridgehead atoms. The number of carbonyl (C=O) groups is 1. The first kappa shape index (κ1) is 16.7. The van der Waals surface area contributed by atoms with Gasteiger partial charge >= 0.3 is 0 Å². The van der Waals surface area contributed by atoms with Gasteiger partial charge in [-0.2, -0.15) is 0 Å². The van der Waals surface area contributed by atoms with E-state index < -0.39 is 5.41 Å². The van der Waals surface area contributed by atoms with Crippen molar-refractivity contribution in [1.29, 1.82) is 0 Å². The predicted octanol–water partition coefficient (Wildman–Crippen LogP) is 2.80. The Balaban J connectivity index is 3.31. The summed E-state index contributed by atoms with van der Waals surface area (Å²) in [4.78, 5) is 15.0. The standard InChI is InChI=1S/C17H28N2O/c1-5-14(13-18)17(4,15-11-9-8-10-12-15)16(20)19(6-2)7-3/h8-12,14H,5-7,13,18H2,1-4H3. The number of hydrogen-bond donors (Lipinski definition) is 1. The van der Waals surface area contributed by atoms with Gasteiger partial charge < -0.3 is 10.6 Å². The Morgan fingerprint density at radius 3 is 2.15 bits per heavy atom. The average molecular weight is 276 g/mol. The molecule has 3 heteroatoms. The summed E-state index contributed by atoms with van der Waals surface area (Å²) in [6.07, 6.45) is 0.898. The molecule has 0 aliphatic carbocycles. The lowest BCUT2D eigenvalue weighted by Gasteiger charge is -2.39. The van der Waals surface area contributed by atoms with Crippen molar-refractivity contribution in [3.8, 4) is 0 Å². The molecule has 20 heavy (non-hydrogen) atoms. The van der Waals surface area contributed by atoms with Crippen molar-refractivity contribution in [2.24, 2.45) is 11.7 Å². The Morgan fingerprint density at radius 2 is 1.75 bits per heavy atom. The maximum absolute atomic E-state index is 13.1. The number of hydrogen-bond acceptors (Lipinski definition) is 2. The van der Waals surface area contributed by atoms with Crippen molar-refractivity contribution in [3.63, 3.8) is 0 Å². The van der Waals surface area contributed by atoms with Crippen LogP contribution in [0.2, 0.25) is 0 Å². The molecule has 0 saturated heterocycles. The number of carbonyl (C=O) groups excluding carboxylic acids is 1. The van der Waals surface area contributed by atoms with Crippen LogP contribution in [0.5, 0.6) is 0 Å². The minimum absolute atomic E-state index is 0.151. The minimum atomic E-state index is -0.545. The number of benzene rings is 1. The van der Waals surface area contributed by atoms with Crippen LogP contribution in [0.1, 0.15) is 39.7 Å². The van der Waals surface area contributed by atoms with E-state index in [9.17, 15) is 4.79 Å². The Bertz CT molecular complexity index is 410. The van der Waals surface area contributed by atoms with E-state index in [1.54, 1.807) is 0 Å². The molecule has 2 atom stereocenters. The molecule has 0 aliphatic rings. The first-order chi connectivity index (χ1) is 9.55. The molecule has 2 unspecified atom stereocenters. The van der Waals surface area contributed by atoms with Crippen LogP contribution < -0.4 is 5.73 Å². The zero-order chi connectivity index (χ0) is 15.2. The first-order valence-electron chi connectivity index (χ1n) is 7.61. The van der Waals surface area contributed by atoms with Crippen molar-refractivity contribution >= 4 is 5.91 Å². The summed E-state index contributed by atoms with van der Waals surface area (Å²) in [6, 6.07) is 10.0. The van der Waals surface area contributed by atoms with Crippen LogP contribution in [-0.4, -0.2) is 30.4 Å². The molecule has 0 aromatic heterocycles. The Hall–Kier alpha value is -1.35. The smallest absolute Gasteiger partial charge is 0.233 e. The summed E-state index contributed by atoms with van der Waals surface area (Å²) >= 11 is 0. The molecule has 1 aromatic rings. The molecule has 2 N–H and O–H groups in total. The first-order valence-corrected chi connectivity index (χ1v) is 7.61. The Kier molecular flexibility index (Phi) is 6.21. The third kappa shape index (κ3) is 3.04. The van der Waals surface area contributed by atoms with Gasteiger partial charge in [-0.25, -0.2) is 0 Å². The minimum Gasteiger partial charge on any atom is -0.342 e. The second kappa shape index (κ2) is 7.44. The fraction of sp³-hybridized carbons (Fsp3) is 0.588. The van der Waals surface area contributed by atoms with E-state index >= 15 is 0 Å². The molecule has 0 saturated carbocycles. The van der Waals surface area contributed by atoms with Crippen molar-refractivity contribution in [1.82, 2.24) is 4.90 Å². The second-order valence-electron chi connectivity index (χ2n) is 5.39. The average Bonchev–Trinajstić information content (AvgIpc) is 2.50. The molecular formula is C17H28N2O. The van der Waals surface area contributed by atoms with Gasteiger partial charge in [0.05, 0.1) is 5.41 Å². The number of rotatable bonds is 7. The van der Waals surface area contributed by atoms with Gasteiger partial charge in [-0.3, -0.25) is 4.79 Å². The molecule has 0 aliphatic heterocycles. The van der Waals surface area contributed by atoms with Crippen LogP contribution in [0.25, 0.3) is 0 Å². The lowest BCUT2D eigenvalue weighted by atomic mass is 9.69. The van der Waals surface area contributed by atoms with E-state index in [2.05, 4.69) is 6.92 Å². The normalized spacial score (nSPS) is 15.4. The lowest BCUT2D eigenvalue weighted by Crippen LogP contribution is -2.51. The van der Waals surface area contributed by atoms with Gasteiger partial charge in [-0.15, -0.1) is 0 Å². The summed E-state index contributed by atoms with van der Waals surface area (Å²) in [7, 11) is 0. The SMILES string of the molecule is CCC(CN)C(C)(C(=O)N(CC)CC)c1ccccc1. The number of nitrogens with zero attached hydrogens (tertiary/aromatic N) is 1. The van der Waals surface area contributed by atoms with Gasteiger partial charge in [0.15, 0.2) is 0 Å². The summed E-state index contributed by atoms with van der Waals surface area (Å²) in [5.74, 6) is 0.337. The zero-order valence-corrected chi connectivity index (χ0v) is 13.2. The zero-order valence-electron chi connectivity index (χ0n) is 13.2. The topological polar surface area (TPSA) is 46.3 Å². The highest BCUT2D eigenvalue weighted by molar-refractivity contribution is 5.88. The van der Waals surface area contributed by atoms with Gasteiger partial charge in [0.25, 0.3) is 0 Å². The number of amides is 1. The van der Waals surface area contributed by atoms with E-state index in [1.807, 2.05) is 56.0 Å². The van der Waals surface area contributed by atoms with Crippen molar-refractivity contribution < 1.29 is 4.79 Å². The molecule has 0 fully saturated rings. The fourth-order valence-electron chi connectivity index (χ4n) is 2.97. The third-order valence-electron chi connectivity index (χ3n) is 4.46. The Morgan fingerprint density at radius 1 is 1.20 bits per heavy atom. The molecule has 1 amide bonds. The summed E-state index contributed by atoms with van der Waals surface area (Å²) in [6.45, 7) is 10.2. The predicted molar refractivity (Wildman–Crippen MR) is 84.6 cm³/mol. The van der Waals surface area contributed by atoms with Crippen molar-refractivity contribution in [2.45, 2.75) is 39.5 Å². The van der Waals surface area contributed by atoms with Crippen molar-refractivity contribution in [2.75, 3.05) is 19.6 Å². The van der Waals surface area contributed by atoms with Crippen molar-refractivity contribution in [3.05, 3.63) is 35.9 Å². The van der Waals surface area contributed by atoms with Crippen LogP contribution >= 0.6 is 0 Å². The van der Waals surface area contributed by atoms with E-state index in [0.717, 1.165) is 25.1 Å². The number of nitrogens with two attached hydrogens (primary N) is 1. The summed E-state index contributed by atoms with van der Waals surface area (Å²) < 4.78 is 0. The summed E-state index contributed by atoms with van der Waals surface area (Å²) in [5.41, 5.74) is 6.48. The molecular weight excluding hydrogens is 248 g/mol. The molecule has 1 rings (SSSR count). The van der Waals surface area contributed by atoms with Crippen LogP contribution in [0.15, 0.2) is 30.3 Å². The van der Waals surface area contributed by atoms with E-state index in [1.165, 1.54) is 0 Å². The Labute approximate surface area is 123 Å². The van der Waals surface area contributed by atoms with Crippen LogP contribution in [0.3, 0.4) is 0 Å². The van der Waals surface area contributed by atoms with Crippen LogP contribution in [0, 0.1) is 5.92 Å². The third-order valence-corrected chi connectivity index (χ3v) is 4.46. The monoisotopic (exact) mass is 276 g/mol. The summed E-state index contributed by atoms with van der Waals surface area (Å²) in [5, 5.41) is 0. The highest BCUT2D eigenvalue weighted by Crippen LogP contribution is 2.35. The number of likely N-dealkylation sites (N-methyl/N-ethyl adjacent to an activating group) is 1. The molecule has 0 spiro atoms. The van der Waals surface area contributed by atoms with E-state index in [0.29, 0.717) is 6.54 Å². The van der Waals surface area contributed by atoms with Gasteiger partial charge in [-0.05, 0) is 38.8 Å². The van der Waals surface area contributed by atoms with Gasteiger partial charge in [0, 0.05) is 13.1 Å². The molecule has 0 heterocycles. The molecule has 112 valence electrons. The lowest BCUT2D eigenvalue weighted by molar-refractivity contribution is -0.138. The van der Waals surface area contributed by atoms with Crippen LogP contribution in [0.4, 0.5) is 0 Å². The molecule has 3 nitrogen and oxygen atoms in total. The van der Waals surface area contributed by atoms with Gasteiger partial charge in [-0.1, -0.05) is 43.7 Å². The van der Waals surface area contributed by atoms with Gasteiger partial charge in [0.1, 0.15) is 0 Å². The van der Waals surface area contributed by atoms with Crippen LogP contribution in [-0.2, 0) is 10.2 Å². The maximum Gasteiger partial charge on any atom is 0.233 e. The maximum atomic E-state index is 13.1. The largest absolute Gasteiger partial charge is 0.342 e. The van der Waals surface area contributed by atoms with E-state index in [4.69, 9.17) is 5.73 Å². The fourth-order valence-corrected chi connectivity index (χ4v) is 2.97. The molecule has 0 radical (unpaired) electrons. The van der Waals surface area contributed by atoms with E-state index in [-0.39, 0.29) is 11.8 Å². The highest BCUT2D eigenvalue weighted by atomic mass is 16.2.